The molecule has 1 saturated heterocycles. The first-order valence-electron chi connectivity index (χ1n) is 15.6. The fourth-order valence-corrected chi connectivity index (χ4v) is 5.80. The van der Waals surface area contributed by atoms with Crippen LogP contribution in [-0.4, -0.2) is 53.0 Å². The highest BCUT2D eigenvalue weighted by Gasteiger charge is 2.34. The lowest BCUT2D eigenvalue weighted by molar-refractivity contribution is 0.0218. The van der Waals surface area contributed by atoms with Gasteiger partial charge in [-0.25, -0.2) is 14.8 Å². The van der Waals surface area contributed by atoms with Crippen LogP contribution in [0.25, 0.3) is 44.7 Å². The van der Waals surface area contributed by atoms with Gasteiger partial charge in [-0.1, -0.05) is 51.0 Å². The van der Waals surface area contributed by atoms with Crippen molar-refractivity contribution in [3.05, 3.63) is 72.8 Å². The maximum Gasteiger partial charge on any atom is 0.410 e. The van der Waals surface area contributed by atoms with Crippen molar-refractivity contribution in [3.63, 3.8) is 0 Å². The van der Waals surface area contributed by atoms with Gasteiger partial charge in [0.15, 0.2) is 0 Å². The molecule has 0 bridgehead atoms. The molecule has 3 aromatic heterocycles. The number of nitrogens with one attached hydrogen (secondary N) is 2. The Labute approximate surface area is 258 Å². The molecule has 5 aromatic rings. The number of carbonyl (C=O) groups is 1. The first-order valence-corrected chi connectivity index (χ1v) is 15.6. The number of rotatable bonds is 8. The average molecular weight is 592 g/mol. The van der Waals surface area contributed by atoms with Crippen molar-refractivity contribution in [2.75, 3.05) is 6.54 Å². The van der Waals surface area contributed by atoms with E-state index in [9.17, 15) is 4.79 Å². The van der Waals surface area contributed by atoms with E-state index >= 15 is 0 Å². The summed E-state index contributed by atoms with van der Waals surface area (Å²) in [6.45, 7) is 10.8. The number of amides is 1. The van der Waals surface area contributed by atoms with Gasteiger partial charge in [0.2, 0.25) is 0 Å². The van der Waals surface area contributed by atoms with Crippen LogP contribution in [0, 0.1) is 0 Å². The first-order chi connectivity index (χ1) is 21.2. The fourth-order valence-electron chi connectivity index (χ4n) is 5.80. The van der Waals surface area contributed by atoms with Crippen LogP contribution in [0.4, 0.5) is 4.79 Å². The number of H-pyrrole nitrogens is 2. The molecule has 2 N–H and O–H groups in total. The molecule has 1 aliphatic rings. The Bertz CT molecular complexity index is 1750. The molecule has 6 rings (SSSR count). The van der Waals surface area contributed by atoms with E-state index in [2.05, 4.69) is 75.2 Å². The van der Waals surface area contributed by atoms with Gasteiger partial charge in [-0.15, -0.1) is 0 Å². The highest BCUT2D eigenvalue weighted by atomic mass is 16.6. The number of imidazole rings is 2. The summed E-state index contributed by atoms with van der Waals surface area (Å²) in [4.78, 5) is 40.1. The highest BCUT2D eigenvalue weighted by Crippen LogP contribution is 2.34. The molecule has 44 heavy (non-hydrogen) atoms. The predicted molar refractivity (Wildman–Crippen MR) is 173 cm³/mol. The molecule has 0 radical (unpaired) electrons. The van der Waals surface area contributed by atoms with E-state index in [1.165, 1.54) is 12.8 Å². The Kier molecular flexibility index (Phi) is 8.21. The van der Waals surface area contributed by atoms with E-state index in [-0.39, 0.29) is 12.1 Å². The Hall–Kier alpha value is -4.53. The summed E-state index contributed by atoms with van der Waals surface area (Å²) in [6.07, 6.45) is 12.3. The lowest BCUT2D eigenvalue weighted by atomic mass is 10.0. The zero-order valence-electron chi connectivity index (χ0n) is 26.2. The third-order valence-electron chi connectivity index (χ3n) is 8.22. The van der Waals surface area contributed by atoms with Crippen molar-refractivity contribution in [1.82, 2.24) is 34.8 Å². The molecule has 9 nitrogen and oxygen atoms in total. The zero-order valence-corrected chi connectivity index (χ0v) is 26.2. The van der Waals surface area contributed by atoms with Gasteiger partial charge in [0.25, 0.3) is 0 Å². The summed E-state index contributed by atoms with van der Waals surface area (Å²) in [5.41, 5.74) is 4.93. The van der Waals surface area contributed by atoms with Crippen LogP contribution in [0.3, 0.4) is 0 Å². The van der Waals surface area contributed by atoms with Crippen molar-refractivity contribution < 1.29 is 9.53 Å². The van der Waals surface area contributed by atoms with Crippen LogP contribution in [0.15, 0.2) is 61.2 Å². The van der Waals surface area contributed by atoms with Crippen LogP contribution < -0.4 is 0 Å². The summed E-state index contributed by atoms with van der Waals surface area (Å²) in [6, 6.07) is 12.6. The van der Waals surface area contributed by atoms with Gasteiger partial charge in [0, 0.05) is 23.6 Å². The van der Waals surface area contributed by atoms with Crippen LogP contribution in [0.1, 0.15) is 90.3 Å². The Morgan fingerprint density at radius 2 is 1.64 bits per heavy atom. The van der Waals surface area contributed by atoms with Crippen molar-refractivity contribution in [1.29, 1.82) is 0 Å². The number of hydrogen-bond acceptors (Lipinski definition) is 6. The maximum atomic E-state index is 12.8. The molecule has 9 heteroatoms. The summed E-state index contributed by atoms with van der Waals surface area (Å²) in [5, 5.41) is 2.23. The third-order valence-corrected chi connectivity index (χ3v) is 8.22. The number of carbonyl (C=O) groups excluding carboxylic acids is 1. The van der Waals surface area contributed by atoms with E-state index < -0.39 is 5.60 Å². The van der Waals surface area contributed by atoms with E-state index in [0.29, 0.717) is 12.5 Å². The van der Waals surface area contributed by atoms with Crippen LogP contribution >= 0.6 is 0 Å². The minimum Gasteiger partial charge on any atom is -0.444 e. The highest BCUT2D eigenvalue weighted by molar-refractivity contribution is 5.90. The normalized spacial score (nSPS) is 16.0. The number of likely N-dealkylation sites (tertiary alicyclic amines) is 1. The Balaban J connectivity index is 1.16. The quantitative estimate of drug-likeness (QED) is 0.187. The average Bonchev–Trinajstić information content (AvgIpc) is 3.80. The summed E-state index contributed by atoms with van der Waals surface area (Å²) >= 11 is 0. The van der Waals surface area contributed by atoms with Crippen LogP contribution in [-0.2, 0) is 4.74 Å². The third kappa shape index (κ3) is 6.37. The van der Waals surface area contributed by atoms with Crippen molar-refractivity contribution >= 4 is 16.9 Å². The first kappa shape index (κ1) is 29.5. The number of benzene rings is 2. The number of ether oxygens (including phenoxy) is 1. The smallest absolute Gasteiger partial charge is 0.410 e. The number of aromatic amines is 2. The molecule has 0 spiro atoms. The second kappa shape index (κ2) is 12.2. The lowest BCUT2D eigenvalue weighted by Crippen LogP contribution is -2.36. The minimum atomic E-state index is -0.531. The number of hydrogen-bond donors (Lipinski definition) is 2. The number of fused-ring (bicyclic) bond motifs is 1. The second-order valence-electron chi connectivity index (χ2n) is 12.8. The van der Waals surface area contributed by atoms with E-state index in [1.54, 1.807) is 11.1 Å². The molecule has 0 saturated carbocycles. The summed E-state index contributed by atoms with van der Waals surface area (Å²) in [7, 11) is 0. The van der Waals surface area contributed by atoms with Crippen molar-refractivity contribution in [2.24, 2.45) is 0 Å². The molecule has 1 fully saturated rings. The van der Waals surface area contributed by atoms with Crippen molar-refractivity contribution in [2.45, 2.75) is 84.3 Å². The van der Waals surface area contributed by atoms with Gasteiger partial charge in [0.05, 0.1) is 47.9 Å². The van der Waals surface area contributed by atoms with Crippen LogP contribution in [0.2, 0.25) is 0 Å². The van der Waals surface area contributed by atoms with E-state index in [4.69, 9.17) is 9.72 Å². The molecule has 228 valence electrons. The number of nitrogens with zero attached hydrogens (tertiary/aromatic N) is 5. The minimum absolute atomic E-state index is 0.112. The SMILES string of the molecule is CCCC[C@H](C)c1ncc(-c2cnc(-c3ccc4cc(-c5cnc([C@@H]6CCCN6C(=O)OC(C)(C)C)[nH]5)ccc4c3)cn2)[nH]1. The molecule has 4 heterocycles. The van der Waals surface area contributed by atoms with Crippen LogP contribution in [0.5, 0.6) is 0 Å². The molecule has 2 atom stereocenters. The Morgan fingerprint density at radius 1 is 0.932 bits per heavy atom. The molecule has 0 aliphatic carbocycles. The molecule has 0 unspecified atom stereocenters. The van der Waals surface area contributed by atoms with Gasteiger partial charge in [-0.05, 0) is 62.9 Å². The monoisotopic (exact) mass is 591 g/mol. The van der Waals surface area contributed by atoms with Gasteiger partial charge in [-0.3, -0.25) is 14.9 Å². The van der Waals surface area contributed by atoms with Gasteiger partial charge in [-0.2, -0.15) is 0 Å². The molecule has 2 aromatic carbocycles. The standard InChI is InChI=1S/C35H41N7O2/c1-6-7-9-22(2)32-38-21-30(41-32)29-20-36-27(18-37-29)25-13-11-24-17-26(14-12-23(24)16-25)28-19-39-33(40-28)31-10-8-15-42(31)34(43)44-35(3,4)5/h11-14,16-22,31H,6-10,15H2,1-5H3,(H,38,41)(H,39,40)/t22-,31-/m0/s1. The number of unbranched alkanes of at least 4 members (excludes halogenated alkanes) is 1. The second-order valence-corrected chi connectivity index (χ2v) is 12.8. The molecular weight excluding hydrogens is 550 g/mol. The largest absolute Gasteiger partial charge is 0.444 e. The molecular formula is C35H41N7O2. The van der Waals surface area contributed by atoms with E-state index in [0.717, 1.165) is 75.6 Å². The predicted octanol–water partition coefficient (Wildman–Crippen LogP) is 8.44. The van der Waals surface area contributed by atoms with E-state index in [1.807, 2.05) is 39.4 Å². The molecule has 1 aliphatic heterocycles. The zero-order chi connectivity index (χ0) is 30.8. The number of aromatic nitrogens is 6. The topological polar surface area (TPSA) is 113 Å². The van der Waals surface area contributed by atoms with Gasteiger partial charge >= 0.3 is 6.09 Å². The van der Waals surface area contributed by atoms with Crippen molar-refractivity contribution in [3.8, 4) is 33.9 Å². The summed E-state index contributed by atoms with van der Waals surface area (Å²) in [5.74, 6) is 2.19. The lowest BCUT2D eigenvalue weighted by Gasteiger charge is -2.27. The fraction of sp³-hybridized carbons (Fsp3) is 0.400. The maximum absolute atomic E-state index is 12.8. The summed E-state index contributed by atoms with van der Waals surface area (Å²) < 4.78 is 5.63. The Morgan fingerprint density at radius 3 is 2.36 bits per heavy atom. The molecule has 1 amide bonds. The van der Waals surface area contributed by atoms with Gasteiger partial charge < -0.3 is 14.7 Å². The van der Waals surface area contributed by atoms with Gasteiger partial charge in [0.1, 0.15) is 22.9 Å².